The lowest BCUT2D eigenvalue weighted by Gasteiger charge is -2.08. The third kappa shape index (κ3) is 4.05. The predicted molar refractivity (Wildman–Crippen MR) is 79.6 cm³/mol. The average molecular weight is 271 g/mol. The maximum absolute atomic E-state index is 5.81. The van der Waals surface area contributed by atoms with Crippen LogP contribution < -0.4 is 4.74 Å². The van der Waals surface area contributed by atoms with E-state index in [1.54, 1.807) is 0 Å². The summed E-state index contributed by atoms with van der Waals surface area (Å²) in [4.78, 5) is 0. The second kappa shape index (κ2) is 6.87. The molecular formula is C17H15ClO. The molecule has 0 N–H and O–H groups in total. The molecule has 2 heteroatoms. The Bertz CT molecular complexity index is 591. The van der Waals surface area contributed by atoms with Gasteiger partial charge in [0, 0.05) is 0 Å². The van der Waals surface area contributed by atoms with E-state index in [1.165, 1.54) is 5.56 Å². The Hall–Kier alpha value is -1.91. The zero-order valence-corrected chi connectivity index (χ0v) is 11.6. The zero-order chi connectivity index (χ0) is 13.5. The molecule has 0 aromatic heterocycles. The molecule has 2 aromatic rings. The Balaban J connectivity index is 2.09. The third-order valence-corrected chi connectivity index (χ3v) is 2.83. The number of aryl methyl sites for hydroxylation is 1. The van der Waals surface area contributed by atoms with Gasteiger partial charge in [-0.05, 0) is 24.6 Å². The summed E-state index contributed by atoms with van der Waals surface area (Å²) >= 11 is 5.58. The van der Waals surface area contributed by atoms with Crippen molar-refractivity contribution in [3.8, 4) is 17.6 Å². The summed E-state index contributed by atoms with van der Waals surface area (Å²) in [5, 5.41) is 0. The number of para-hydroxylation sites is 1. The minimum atomic E-state index is 0.326. The number of alkyl halides is 1. The molecule has 0 amide bonds. The van der Waals surface area contributed by atoms with Crippen LogP contribution in [0.3, 0.4) is 0 Å². The lowest BCUT2D eigenvalue weighted by Crippen LogP contribution is -1.97. The number of ether oxygens (including phenoxy) is 1. The first kappa shape index (κ1) is 13.5. The van der Waals surface area contributed by atoms with Gasteiger partial charge in [-0.2, -0.15) is 0 Å². The van der Waals surface area contributed by atoms with Crippen LogP contribution in [0.5, 0.6) is 5.75 Å². The molecule has 0 heterocycles. The van der Waals surface area contributed by atoms with Crippen molar-refractivity contribution in [2.24, 2.45) is 0 Å². The van der Waals surface area contributed by atoms with Crippen LogP contribution in [0, 0.1) is 18.8 Å². The highest BCUT2D eigenvalue weighted by Gasteiger charge is 2.00. The van der Waals surface area contributed by atoms with Crippen LogP contribution in [-0.2, 0) is 6.61 Å². The molecule has 2 aromatic carbocycles. The van der Waals surface area contributed by atoms with Gasteiger partial charge in [0.1, 0.15) is 12.4 Å². The topological polar surface area (TPSA) is 9.23 Å². The summed E-state index contributed by atoms with van der Waals surface area (Å²) in [6, 6.07) is 16.0. The van der Waals surface area contributed by atoms with Gasteiger partial charge in [0.25, 0.3) is 0 Å². The van der Waals surface area contributed by atoms with E-state index in [9.17, 15) is 0 Å². The van der Waals surface area contributed by atoms with Crippen LogP contribution >= 0.6 is 11.6 Å². The lowest BCUT2D eigenvalue weighted by molar-refractivity contribution is 0.305. The molecule has 0 bridgehead atoms. The maximum Gasteiger partial charge on any atom is 0.135 e. The summed E-state index contributed by atoms with van der Waals surface area (Å²) in [5.41, 5.74) is 3.26. The largest absolute Gasteiger partial charge is 0.488 e. The van der Waals surface area contributed by atoms with Gasteiger partial charge >= 0.3 is 0 Å². The lowest BCUT2D eigenvalue weighted by atomic mass is 10.1. The van der Waals surface area contributed by atoms with Crippen molar-refractivity contribution in [1.82, 2.24) is 0 Å². The van der Waals surface area contributed by atoms with Gasteiger partial charge in [0.05, 0.1) is 11.4 Å². The summed E-state index contributed by atoms with van der Waals surface area (Å²) < 4.78 is 5.81. The third-order valence-electron chi connectivity index (χ3n) is 2.69. The number of benzene rings is 2. The second-order valence-corrected chi connectivity index (χ2v) is 4.47. The van der Waals surface area contributed by atoms with Crippen LogP contribution in [0.2, 0.25) is 0 Å². The van der Waals surface area contributed by atoms with Gasteiger partial charge in [0.15, 0.2) is 0 Å². The number of hydrogen-bond acceptors (Lipinski definition) is 1. The van der Waals surface area contributed by atoms with E-state index in [0.717, 1.165) is 16.9 Å². The molecule has 0 radical (unpaired) electrons. The van der Waals surface area contributed by atoms with Crippen molar-refractivity contribution in [3.05, 3.63) is 65.2 Å². The Labute approximate surface area is 119 Å². The van der Waals surface area contributed by atoms with Crippen LogP contribution in [-0.4, -0.2) is 5.88 Å². The molecule has 1 nitrogen and oxygen atoms in total. The first-order valence-electron chi connectivity index (χ1n) is 6.12. The van der Waals surface area contributed by atoms with E-state index in [2.05, 4.69) is 43.0 Å². The number of hydrogen-bond donors (Lipinski definition) is 0. The fourth-order valence-corrected chi connectivity index (χ4v) is 1.74. The molecule has 0 fully saturated rings. The van der Waals surface area contributed by atoms with E-state index >= 15 is 0 Å². The summed E-state index contributed by atoms with van der Waals surface area (Å²) in [6.45, 7) is 2.61. The number of halogens is 1. The molecule has 0 unspecified atom stereocenters. The molecule has 0 saturated carbocycles. The Morgan fingerprint density at radius 2 is 1.79 bits per heavy atom. The second-order valence-electron chi connectivity index (χ2n) is 4.21. The average Bonchev–Trinajstić information content (AvgIpc) is 2.45. The van der Waals surface area contributed by atoms with Crippen LogP contribution in [0.4, 0.5) is 0 Å². The highest BCUT2D eigenvalue weighted by Crippen LogP contribution is 2.18. The van der Waals surface area contributed by atoms with Crippen molar-refractivity contribution >= 4 is 11.6 Å². The molecule has 96 valence electrons. The fourth-order valence-electron chi connectivity index (χ4n) is 1.67. The molecule has 0 spiro atoms. The van der Waals surface area contributed by atoms with E-state index < -0.39 is 0 Å². The highest BCUT2D eigenvalue weighted by atomic mass is 35.5. The van der Waals surface area contributed by atoms with Crippen molar-refractivity contribution in [2.45, 2.75) is 13.5 Å². The summed E-state index contributed by atoms with van der Waals surface area (Å²) in [6.07, 6.45) is 0. The van der Waals surface area contributed by atoms with Gasteiger partial charge in [0.2, 0.25) is 0 Å². The summed E-state index contributed by atoms with van der Waals surface area (Å²) in [5.74, 6) is 6.97. The van der Waals surface area contributed by atoms with Crippen molar-refractivity contribution in [3.63, 3.8) is 0 Å². The van der Waals surface area contributed by atoms with Crippen molar-refractivity contribution in [2.75, 3.05) is 5.88 Å². The smallest absolute Gasteiger partial charge is 0.135 e. The molecule has 0 saturated heterocycles. The molecule has 19 heavy (non-hydrogen) atoms. The molecular weight excluding hydrogens is 256 g/mol. The fraction of sp³-hybridized carbons (Fsp3) is 0.176. The molecule has 2 rings (SSSR count). The van der Waals surface area contributed by atoms with Gasteiger partial charge in [-0.25, -0.2) is 0 Å². The van der Waals surface area contributed by atoms with Crippen molar-refractivity contribution in [1.29, 1.82) is 0 Å². The van der Waals surface area contributed by atoms with E-state index in [-0.39, 0.29) is 0 Å². The minimum absolute atomic E-state index is 0.326. The predicted octanol–water partition coefficient (Wildman–Crippen LogP) is 4.16. The van der Waals surface area contributed by atoms with E-state index in [0.29, 0.717) is 12.5 Å². The Morgan fingerprint density at radius 3 is 2.53 bits per heavy atom. The van der Waals surface area contributed by atoms with Crippen LogP contribution in [0.1, 0.15) is 16.7 Å². The number of rotatable bonds is 3. The SMILES string of the molecule is Cc1ccc(COc2ccccc2C#CCCl)cc1. The quantitative estimate of drug-likeness (QED) is 0.601. The monoisotopic (exact) mass is 270 g/mol. The normalized spacial score (nSPS) is 9.58. The van der Waals surface area contributed by atoms with Crippen molar-refractivity contribution < 1.29 is 4.74 Å². The van der Waals surface area contributed by atoms with Gasteiger partial charge in [-0.15, -0.1) is 11.6 Å². The standard InChI is InChI=1S/C17H15ClO/c1-14-8-10-15(11-9-14)13-19-17-7-3-2-5-16(17)6-4-12-18/h2-3,5,7-11H,12-13H2,1H3. The Kier molecular flexibility index (Phi) is 4.89. The first-order valence-corrected chi connectivity index (χ1v) is 6.65. The maximum atomic E-state index is 5.81. The minimum Gasteiger partial charge on any atom is -0.488 e. The van der Waals surface area contributed by atoms with Crippen LogP contribution in [0.15, 0.2) is 48.5 Å². The molecule has 0 aliphatic carbocycles. The van der Waals surface area contributed by atoms with Gasteiger partial charge in [-0.3, -0.25) is 0 Å². The van der Waals surface area contributed by atoms with Crippen LogP contribution in [0.25, 0.3) is 0 Å². The van der Waals surface area contributed by atoms with Gasteiger partial charge < -0.3 is 4.74 Å². The first-order chi connectivity index (χ1) is 9.29. The van der Waals surface area contributed by atoms with E-state index in [4.69, 9.17) is 16.3 Å². The molecule has 0 aliphatic heterocycles. The zero-order valence-electron chi connectivity index (χ0n) is 10.8. The Morgan fingerprint density at radius 1 is 1.05 bits per heavy atom. The highest BCUT2D eigenvalue weighted by molar-refractivity contribution is 6.19. The molecule has 0 aliphatic rings. The van der Waals surface area contributed by atoms with Gasteiger partial charge in [-0.1, -0.05) is 53.8 Å². The summed E-state index contributed by atoms with van der Waals surface area (Å²) in [7, 11) is 0. The molecule has 0 atom stereocenters. The van der Waals surface area contributed by atoms with E-state index in [1.807, 2.05) is 24.3 Å².